The maximum absolute atomic E-state index is 10.6. The van der Waals surface area contributed by atoms with E-state index >= 15 is 0 Å². The van der Waals surface area contributed by atoms with Crippen LogP contribution < -0.4 is 5.32 Å². The summed E-state index contributed by atoms with van der Waals surface area (Å²) >= 11 is 0. The molecule has 90 valence electrons. The Bertz CT molecular complexity index is 596. The second-order valence-electron chi connectivity index (χ2n) is 3.47. The number of carboxylic acid groups (broad SMARTS) is 1. The van der Waals surface area contributed by atoms with Crippen LogP contribution in [0.3, 0.4) is 0 Å². The first-order valence-electron chi connectivity index (χ1n) is 5.11. The summed E-state index contributed by atoms with van der Waals surface area (Å²) in [6.07, 6.45) is 1.53. The monoisotopic (exact) mass is 243 g/mol. The first-order chi connectivity index (χ1) is 8.69. The molecule has 2 aromatic rings. The van der Waals surface area contributed by atoms with Crippen LogP contribution in [0.2, 0.25) is 0 Å². The number of aromatic carboxylic acids is 1. The summed E-state index contributed by atoms with van der Waals surface area (Å²) < 4.78 is 5.08. The van der Waals surface area contributed by atoms with Crippen molar-refractivity contribution >= 4 is 11.7 Å². The highest BCUT2D eigenvalue weighted by molar-refractivity contribution is 5.84. The molecule has 0 aromatic carbocycles. The van der Waals surface area contributed by atoms with Crippen molar-refractivity contribution in [3.05, 3.63) is 47.7 Å². The molecule has 2 heterocycles. The standard InChI is InChI=1S/C12H9N3O3/c13-5-8-1-2-9(6-14-8)15-7-10-3-4-11(18-10)12(16)17/h1-4,6,15H,7H2,(H,16,17). The molecule has 0 aliphatic heterocycles. The average molecular weight is 243 g/mol. The van der Waals surface area contributed by atoms with Crippen LogP contribution in [0.25, 0.3) is 0 Å². The number of carboxylic acids is 1. The van der Waals surface area contributed by atoms with Crippen molar-refractivity contribution in [2.75, 3.05) is 5.32 Å². The minimum absolute atomic E-state index is 0.0928. The third-order valence-corrected chi connectivity index (χ3v) is 2.22. The number of aromatic nitrogens is 1. The zero-order chi connectivity index (χ0) is 13.0. The van der Waals surface area contributed by atoms with Gasteiger partial charge in [0.05, 0.1) is 18.4 Å². The molecule has 0 atom stereocenters. The number of nitrogens with one attached hydrogen (secondary N) is 1. The van der Waals surface area contributed by atoms with E-state index in [1.807, 2.05) is 6.07 Å². The molecule has 0 saturated heterocycles. The Labute approximate surface area is 102 Å². The first kappa shape index (κ1) is 11.7. The summed E-state index contributed by atoms with van der Waals surface area (Å²) in [5, 5.41) is 20.3. The molecule has 0 saturated carbocycles. The van der Waals surface area contributed by atoms with Crippen LogP contribution in [-0.2, 0) is 6.54 Å². The van der Waals surface area contributed by atoms with E-state index in [1.165, 1.54) is 12.3 Å². The van der Waals surface area contributed by atoms with Crippen molar-refractivity contribution in [3.8, 4) is 6.07 Å². The molecule has 2 aromatic heterocycles. The zero-order valence-corrected chi connectivity index (χ0v) is 9.25. The minimum atomic E-state index is -1.10. The maximum atomic E-state index is 10.6. The van der Waals surface area contributed by atoms with Gasteiger partial charge in [0, 0.05) is 0 Å². The van der Waals surface area contributed by atoms with Gasteiger partial charge < -0.3 is 14.8 Å². The van der Waals surface area contributed by atoms with Gasteiger partial charge in [0.2, 0.25) is 5.76 Å². The SMILES string of the molecule is N#Cc1ccc(NCc2ccc(C(=O)O)o2)cn1. The van der Waals surface area contributed by atoms with E-state index in [0.717, 1.165) is 5.69 Å². The fraction of sp³-hybridized carbons (Fsp3) is 0.0833. The molecular weight excluding hydrogens is 234 g/mol. The van der Waals surface area contributed by atoms with E-state index in [9.17, 15) is 4.79 Å². The Balaban J connectivity index is 1.98. The Morgan fingerprint density at radius 1 is 1.44 bits per heavy atom. The molecule has 0 bridgehead atoms. The molecule has 6 heteroatoms. The van der Waals surface area contributed by atoms with Crippen molar-refractivity contribution in [2.45, 2.75) is 6.54 Å². The molecule has 2 rings (SSSR count). The number of anilines is 1. The molecule has 0 fully saturated rings. The number of nitriles is 1. The third-order valence-electron chi connectivity index (χ3n) is 2.22. The number of hydrogen-bond acceptors (Lipinski definition) is 5. The summed E-state index contributed by atoms with van der Waals surface area (Å²) in [6.45, 7) is 0.348. The first-order valence-corrected chi connectivity index (χ1v) is 5.11. The summed E-state index contributed by atoms with van der Waals surface area (Å²) in [6, 6.07) is 8.22. The molecule has 0 unspecified atom stereocenters. The van der Waals surface area contributed by atoms with Crippen molar-refractivity contribution in [1.29, 1.82) is 5.26 Å². The van der Waals surface area contributed by atoms with Gasteiger partial charge in [-0.15, -0.1) is 0 Å². The molecule has 0 radical (unpaired) electrons. The van der Waals surface area contributed by atoms with Gasteiger partial charge >= 0.3 is 5.97 Å². The number of furan rings is 1. The van der Waals surface area contributed by atoms with Gasteiger partial charge in [0.1, 0.15) is 17.5 Å². The second-order valence-corrected chi connectivity index (χ2v) is 3.47. The molecule has 0 amide bonds. The maximum Gasteiger partial charge on any atom is 0.371 e. The van der Waals surface area contributed by atoms with Crippen molar-refractivity contribution in [3.63, 3.8) is 0 Å². The van der Waals surface area contributed by atoms with Crippen LogP contribution in [0.4, 0.5) is 5.69 Å². The van der Waals surface area contributed by atoms with Crippen LogP contribution in [-0.4, -0.2) is 16.1 Å². The van der Waals surface area contributed by atoms with Crippen LogP contribution in [0.1, 0.15) is 22.0 Å². The normalized spacial score (nSPS) is 9.72. The molecule has 0 aliphatic rings. The Morgan fingerprint density at radius 3 is 2.83 bits per heavy atom. The molecule has 0 aliphatic carbocycles. The average Bonchev–Trinajstić information content (AvgIpc) is 2.86. The molecule has 2 N–H and O–H groups in total. The van der Waals surface area contributed by atoms with Crippen LogP contribution in [0.5, 0.6) is 0 Å². The Kier molecular flexibility index (Phi) is 3.25. The van der Waals surface area contributed by atoms with Gasteiger partial charge in [-0.2, -0.15) is 5.26 Å². The number of hydrogen-bond donors (Lipinski definition) is 2. The molecule has 0 spiro atoms. The zero-order valence-electron chi connectivity index (χ0n) is 9.25. The predicted octanol–water partition coefficient (Wildman–Crippen LogP) is 1.86. The van der Waals surface area contributed by atoms with Crippen LogP contribution in [0, 0.1) is 11.3 Å². The highest BCUT2D eigenvalue weighted by Gasteiger charge is 2.08. The third kappa shape index (κ3) is 2.65. The number of carbonyl (C=O) groups is 1. The fourth-order valence-electron chi connectivity index (χ4n) is 1.34. The summed E-state index contributed by atoms with van der Waals surface area (Å²) in [4.78, 5) is 14.5. The Morgan fingerprint density at radius 2 is 2.28 bits per heavy atom. The van der Waals surface area contributed by atoms with Gasteiger partial charge in [-0.1, -0.05) is 0 Å². The summed E-state index contributed by atoms with van der Waals surface area (Å²) in [5.74, 6) is -0.678. The van der Waals surface area contributed by atoms with Gasteiger partial charge in [-0.25, -0.2) is 9.78 Å². The van der Waals surface area contributed by atoms with Gasteiger partial charge in [0.15, 0.2) is 0 Å². The molecule has 18 heavy (non-hydrogen) atoms. The van der Waals surface area contributed by atoms with E-state index < -0.39 is 5.97 Å². The summed E-state index contributed by atoms with van der Waals surface area (Å²) in [7, 11) is 0. The lowest BCUT2D eigenvalue weighted by atomic mass is 10.3. The van der Waals surface area contributed by atoms with Gasteiger partial charge in [-0.3, -0.25) is 0 Å². The molecular formula is C12H9N3O3. The van der Waals surface area contributed by atoms with Gasteiger partial charge in [0.25, 0.3) is 0 Å². The quantitative estimate of drug-likeness (QED) is 0.850. The lowest BCUT2D eigenvalue weighted by Gasteiger charge is -2.03. The largest absolute Gasteiger partial charge is 0.475 e. The van der Waals surface area contributed by atoms with E-state index in [0.29, 0.717) is 18.0 Å². The lowest BCUT2D eigenvalue weighted by molar-refractivity contribution is 0.0660. The molecule has 6 nitrogen and oxygen atoms in total. The topological polar surface area (TPSA) is 99.2 Å². The highest BCUT2D eigenvalue weighted by atomic mass is 16.4. The van der Waals surface area contributed by atoms with Crippen molar-refractivity contribution < 1.29 is 14.3 Å². The van der Waals surface area contributed by atoms with Crippen LogP contribution >= 0.6 is 0 Å². The smallest absolute Gasteiger partial charge is 0.371 e. The number of rotatable bonds is 4. The number of nitrogens with zero attached hydrogens (tertiary/aromatic N) is 2. The lowest BCUT2D eigenvalue weighted by Crippen LogP contribution is -1.99. The minimum Gasteiger partial charge on any atom is -0.475 e. The predicted molar refractivity (Wildman–Crippen MR) is 61.9 cm³/mol. The van der Waals surface area contributed by atoms with Crippen molar-refractivity contribution in [2.24, 2.45) is 0 Å². The Hall–Kier alpha value is -2.81. The summed E-state index contributed by atoms with van der Waals surface area (Å²) in [5.41, 5.74) is 1.06. The van der Waals surface area contributed by atoms with Crippen LogP contribution in [0.15, 0.2) is 34.9 Å². The van der Waals surface area contributed by atoms with E-state index in [2.05, 4.69) is 10.3 Å². The van der Waals surface area contributed by atoms with Gasteiger partial charge in [-0.05, 0) is 24.3 Å². The van der Waals surface area contributed by atoms with E-state index in [4.69, 9.17) is 14.8 Å². The highest BCUT2D eigenvalue weighted by Crippen LogP contribution is 2.11. The number of pyridine rings is 1. The van der Waals surface area contributed by atoms with Crippen molar-refractivity contribution in [1.82, 2.24) is 4.98 Å². The fourth-order valence-corrected chi connectivity index (χ4v) is 1.34. The second kappa shape index (κ2) is 5.01. The van der Waals surface area contributed by atoms with E-state index in [-0.39, 0.29) is 5.76 Å². The van der Waals surface area contributed by atoms with E-state index in [1.54, 1.807) is 18.2 Å².